The van der Waals surface area contributed by atoms with Crippen LogP contribution in [0.4, 0.5) is 0 Å². The number of hydrogen-bond acceptors (Lipinski definition) is 2. The molecule has 0 aromatic heterocycles. The molecule has 4 rings (SSSR count). The zero-order valence-electron chi connectivity index (χ0n) is 15.0. The number of ether oxygens (including phenoxy) is 1. The first-order valence-corrected chi connectivity index (χ1v) is 10.3. The minimum atomic E-state index is 0.551. The summed E-state index contributed by atoms with van der Waals surface area (Å²) in [6.07, 6.45) is 11.6. The second-order valence-corrected chi connectivity index (χ2v) is 8.31. The van der Waals surface area contributed by atoms with E-state index in [9.17, 15) is 0 Å². The number of hydrogen-bond donors (Lipinski definition) is 0. The van der Waals surface area contributed by atoms with Crippen molar-refractivity contribution in [2.75, 3.05) is 19.7 Å². The summed E-state index contributed by atoms with van der Waals surface area (Å²) < 4.78 is 6.37. The van der Waals surface area contributed by atoms with Gasteiger partial charge in [-0.2, -0.15) is 0 Å². The predicted octanol–water partition coefficient (Wildman–Crippen LogP) is 4.88. The Morgan fingerprint density at radius 2 is 1.62 bits per heavy atom. The van der Waals surface area contributed by atoms with Gasteiger partial charge in [0.25, 0.3) is 0 Å². The average Bonchev–Trinajstić information content (AvgIpc) is 2.97. The number of rotatable bonds is 2. The molecule has 2 heterocycles. The quantitative estimate of drug-likeness (QED) is 0.767. The van der Waals surface area contributed by atoms with E-state index < -0.39 is 0 Å². The molecule has 1 aromatic carbocycles. The van der Waals surface area contributed by atoms with Crippen molar-refractivity contribution in [1.29, 1.82) is 0 Å². The fourth-order valence-electron chi connectivity index (χ4n) is 5.47. The molecule has 1 aromatic rings. The van der Waals surface area contributed by atoms with Crippen molar-refractivity contribution >= 4 is 0 Å². The molecule has 2 nitrogen and oxygen atoms in total. The van der Waals surface area contributed by atoms with E-state index in [4.69, 9.17) is 4.74 Å². The van der Waals surface area contributed by atoms with Crippen molar-refractivity contribution in [3.05, 3.63) is 35.9 Å². The molecular formula is C22H33NO. The Balaban J connectivity index is 1.45. The van der Waals surface area contributed by atoms with E-state index in [1.807, 2.05) is 0 Å². The number of benzene rings is 1. The monoisotopic (exact) mass is 327 g/mol. The van der Waals surface area contributed by atoms with Crippen molar-refractivity contribution in [3.8, 4) is 0 Å². The number of likely N-dealkylation sites (tertiary alicyclic amines) is 1. The minimum absolute atomic E-state index is 0.551. The van der Waals surface area contributed by atoms with Crippen LogP contribution in [0.15, 0.2) is 30.3 Å². The second-order valence-electron chi connectivity index (χ2n) is 8.31. The first-order valence-electron chi connectivity index (χ1n) is 10.3. The molecule has 24 heavy (non-hydrogen) atoms. The van der Waals surface area contributed by atoms with Gasteiger partial charge >= 0.3 is 0 Å². The van der Waals surface area contributed by atoms with Crippen LogP contribution in [0.2, 0.25) is 0 Å². The molecule has 4 unspecified atom stereocenters. The number of nitrogens with zero attached hydrogens (tertiary/aromatic N) is 1. The fraction of sp³-hybridized carbons (Fsp3) is 0.727. The smallest absolute Gasteiger partial charge is 0.0606 e. The molecule has 0 amide bonds. The van der Waals surface area contributed by atoms with Crippen LogP contribution in [0.1, 0.15) is 56.9 Å². The van der Waals surface area contributed by atoms with Crippen LogP contribution >= 0.6 is 0 Å². The van der Waals surface area contributed by atoms with Gasteiger partial charge in [-0.25, -0.2) is 0 Å². The van der Waals surface area contributed by atoms with Gasteiger partial charge in [-0.15, -0.1) is 0 Å². The summed E-state index contributed by atoms with van der Waals surface area (Å²) in [6.45, 7) is 4.71. The Hall–Kier alpha value is -0.860. The lowest BCUT2D eigenvalue weighted by Crippen LogP contribution is -2.32. The Morgan fingerprint density at radius 3 is 2.50 bits per heavy atom. The third-order valence-electron chi connectivity index (χ3n) is 6.69. The average molecular weight is 328 g/mol. The highest BCUT2D eigenvalue weighted by Gasteiger charge is 2.42. The van der Waals surface area contributed by atoms with Gasteiger partial charge in [-0.3, -0.25) is 4.90 Å². The summed E-state index contributed by atoms with van der Waals surface area (Å²) in [4.78, 5) is 2.72. The predicted molar refractivity (Wildman–Crippen MR) is 98.9 cm³/mol. The SMILES string of the molecule is c1ccc(CN2CC3CCOC4CCCCCCCC4C3C2)cc1. The van der Waals surface area contributed by atoms with Crippen molar-refractivity contribution < 1.29 is 4.74 Å². The van der Waals surface area contributed by atoms with Crippen LogP contribution in [-0.4, -0.2) is 30.7 Å². The zero-order chi connectivity index (χ0) is 16.2. The number of fused-ring (bicyclic) bond motifs is 3. The molecular weight excluding hydrogens is 294 g/mol. The molecule has 2 saturated heterocycles. The molecule has 0 radical (unpaired) electrons. The molecule has 3 aliphatic rings. The van der Waals surface area contributed by atoms with Crippen molar-refractivity contribution in [2.45, 2.75) is 64.0 Å². The molecule has 1 aliphatic carbocycles. The van der Waals surface area contributed by atoms with E-state index in [1.54, 1.807) is 0 Å². The molecule has 2 heteroatoms. The highest BCUT2D eigenvalue weighted by molar-refractivity contribution is 5.14. The molecule has 4 atom stereocenters. The van der Waals surface area contributed by atoms with Gasteiger partial charge in [-0.05, 0) is 42.6 Å². The van der Waals surface area contributed by atoms with E-state index in [-0.39, 0.29) is 0 Å². The summed E-state index contributed by atoms with van der Waals surface area (Å²) in [5, 5.41) is 0. The maximum absolute atomic E-state index is 6.37. The Bertz CT molecular complexity index is 502. The van der Waals surface area contributed by atoms with Gasteiger partial charge in [0.2, 0.25) is 0 Å². The largest absolute Gasteiger partial charge is 0.378 e. The minimum Gasteiger partial charge on any atom is -0.378 e. The molecule has 0 bridgehead atoms. The van der Waals surface area contributed by atoms with Crippen LogP contribution < -0.4 is 0 Å². The van der Waals surface area contributed by atoms with Crippen LogP contribution in [-0.2, 0) is 11.3 Å². The van der Waals surface area contributed by atoms with Gasteiger partial charge in [-0.1, -0.05) is 62.4 Å². The van der Waals surface area contributed by atoms with E-state index in [2.05, 4.69) is 35.2 Å². The van der Waals surface area contributed by atoms with Crippen molar-refractivity contribution in [2.24, 2.45) is 17.8 Å². The standard InChI is InChI=1S/C22H33NO/c1-2-7-11-20-21-17-23(15-18-9-5-4-6-10-18)16-19(21)13-14-24-22(20)12-8-3-1/h4-6,9-10,19-22H,1-3,7-8,11-17H2. The summed E-state index contributed by atoms with van der Waals surface area (Å²) in [5.41, 5.74) is 1.47. The van der Waals surface area contributed by atoms with Crippen molar-refractivity contribution in [3.63, 3.8) is 0 Å². The Labute approximate surface area is 147 Å². The van der Waals surface area contributed by atoms with Gasteiger partial charge < -0.3 is 4.74 Å². The third-order valence-corrected chi connectivity index (χ3v) is 6.69. The topological polar surface area (TPSA) is 12.5 Å². The van der Waals surface area contributed by atoms with Crippen molar-refractivity contribution in [1.82, 2.24) is 4.90 Å². The highest BCUT2D eigenvalue weighted by atomic mass is 16.5. The van der Waals surface area contributed by atoms with Crippen LogP contribution in [0, 0.1) is 17.8 Å². The maximum Gasteiger partial charge on any atom is 0.0606 e. The normalized spacial score (nSPS) is 35.2. The summed E-state index contributed by atoms with van der Waals surface area (Å²) in [5.74, 6) is 2.56. The third kappa shape index (κ3) is 3.86. The van der Waals surface area contributed by atoms with E-state index in [0.717, 1.165) is 30.9 Å². The first kappa shape index (κ1) is 16.6. The van der Waals surface area contributed by atoms with Crippen LogP contribution in [0.25, 0.3) is 0 Å². The Kier molecular flexibility index (Phi) is 5.54. The molecule has 0 spiro atoms. The highest BCUT2D eigenvalue weighted by Crippen LogP contribution is 2.42. The second kappa shape index (κ2) is 8.01. The molecule has 3 fully saturated rings. The van der Waals surface area contributed by atoms with Crippen LogP contribution in [0.3, 0.4) is 0 Å². The zero-order valence-corrected chi connectivity index (χ0v) is 15.0. The lowest BCUT2D eigenvalue weighted by atomic mass is 9.77. The molecule has 132 valence electrons. The lowest BCUT2D eigenvalue weighted by Gasteiger charge is -2.31. The summed E-state index contributed by atoms with van der Waals surface area (Å²) in [6, 6.07) is 11.0. The van der Waals surface area contributed by atoms with Crippen LogP contribution in [0.5, 0.6) is 0 Å². The van der Waals surface area contributed by atoms with Gasteiger partial charge in [0.15, 0.2) is 0 Å². The molecule has 0 N–H and O–H groups in total. The van der Waals surface area contributed by atoms with Gasteiger partial charge in [0.1, 0.15) is 0 Å². The Morgan fingerprint density at radius 1 is 0.833 bits per heavy atom. The summed E-state index contributed by atoms with van der Waals surface area (Å²) >= 11 is 0. The molecule has 1 saturated carbocycles. The lowest BCUT2D eigenvalue weighted by molar-refractivity contribution is 0.00257. The maximum atomic E-state index is 6.37. The van der Waals surface area contributed by atoms with Gasteiger partial charge in [0.05, 0.1) is 6.10 Å². The van der Waals surface area contributed by atoms with Gasteiger partial charge in [0, 0.05) is 26.2 Å². The first-order chi connectivity index (χ1) is 11.9. The van der Waals surface area contributed by atoms with E-state index >= 15 is 0 Å². The van der Waals surface area contributed by atoms with E-state index in [0.29, 0.717) is 6.10 Å². The molecule has 2 aliphatic heterocycles. The fourth-order valence-corrected chi connectivity index (χ4v) is 5.47. The summed E-state index contributed by atoms with van der Waals surface area (Å²) in [7, 11) is 0. The van der Waals surface area contributed by atoms with E-state index in [1.165, 1.54) is 70.0 Å².